The van der Waals surface area contributed by atoms with Gasteiger partial charge in [-0.1, -0.05) is 0 Å². The lowest BCUT2D eigenvalue weighted by molar-refractivity contribution is -0.384. The molecule has 0 saturated heterocycles. The van der Waals surface area contributed by atoms with Crippen LogP contribution in [0.2, 0.25) is 0 Å². The number of hydrogen-bond acceptors (Lipinski definition) is 7. The Morgan fingerprint density at radius 1 is 1.25 bits per heavy atom. The number of nitrogens with one attached hydrogen (secondary N) is 1. The highest BCUT2D eigenvalue weighted by Gasteiger charge is 2.38. The lowest BCUT2D eigenvalue weighted by Crippen LogP contribution is -2.41. The molecule has 0 bridgehead atoms. The van der Waals surface area contributed by atoms with Gasteiger partial charge in [-0.15, -0.1) is 0 Å². The first kappa shape index (κ1) is 24.6. The molecule has 156 valence electrons. The van der Waals surface area contributed by atoms with E-state index in [-0.39, 0.29) is 24.2 Å². The summed E-state index contributed by atoms with van der Waals surface area (Å²) >= 11 is 0. The normalized spacial score (nSPS) is 11.6. The number of nitrogens with zero attached hydrogens (tertiary/aromatic N) is 1. The number of nitro groups is 1. The number of alkyl halides is 3. The van der Waals surface area contributed by atoms with E-state index < -0.39 is 40.7 Å². The monoisotopic (exact) mass is 411 g/mol. The molecule has 1 atom stereocenters. The van der Waals surface area contributed by atoms with Gasteiger partial charge in [-0.05, 0) is 25.5 Å². The molecule has 6 N–H and O–H groups in total. The second-order valence-electron chi connectivity index (χ2n) is 5.06. The van der Waals surface area contributed by atoms with E-state index in [1.165, 1.54) is 0 Å². The number of carboxylic acid groups (broad SMARTS) is 2. The molecule has 0 radical (unpaired) electrons. The number of aromatic hydroxyl groups is 1. The van der Waals surface area contributed by atoms with Crippen molar-refractivity contribution < 1.29 is 47.8 Å². The van der Waals surface area contributed by atoms with Crippen LogP contribution in [0.4, 0.5) is 18.9 Å². The molecule has 0 aliphatic rings. The molecule has 0 unspecified atom stereocenters. The molecular formula is C14H16F3N3O8. The van der Waals surface area contributed by atoms with E-state index >= 15 is 0 Å². The number of rotatable bonds is 7. The number of non-ortho nitro benzene ring substituents is 1. The van der Waals surface area contributed by atoms with E-state index in [0.717, 1.165) is 18.2 Å². The Bertz CT molecular complexity index is 739. The van der Waals surface area contributed by atoms with E-state index in [2.05, 4.69) is 5.32 Å². The molecule has 0 heterocycles. The Morgan fingerprint density at radius 3 is 2.18 bits per heavy atom. The Balaban J connectivity index is 0.000000887. The first-order valence-corrected chi connectivity index (χ1v) is 7.32. The summed E-state index contributed by atoms with van der Waals surface area (Å²) in [4.78, 5) is 41.8. The molecule has 1 amide bonds. The standard InChI is InChI=1S/C12H15N3O6.C2HF3O2/c13-5-1-2-9(12(18)19)14-11(17)8-6-7(15(20)21)3-4-10(8)16;3-2(4,5)1(6)7/h3-4,6,9,16H,1-2,5,13H2,(H,14,17)(H,18,19);(H,6,7)/t9-;/m0./s1. The van der Waals surface area contributed by atoms with Gasteiger partial charge >= 0.3 is 18.1 Å². The highest BCUT2D eigenvalue weighted by Crippen LogP contribution is 2.23. The predicted molar refractivity (Wildman–Crippen MR) is 85.6 cm³/mol. The molecule has 0 aliphatic heterocycles. The summed E-state index contributed by atoms with van der Waals surface area (Å²) in [6, 6.07) is 1.74. The van der Waals surface area contributed by atoms with Crippen LogP contribution in [0.5, 0.6) is 5.75 Å². The van der Waals surface area contributed by atoms with Crippen LogP contribution >= 0.6 is 0 Å². The van der Waals surface area contributed by atoms with Crippen molar-refractivity contribution in [3.8, 4) is 5.75 Å². The third-order valence-electron chi connectivity index (χ3n) is 2.98. The predicted octanol–water partition coefficient (Wildman–Crippen LogP) is 0.856. The summed E-state index contributed by atoms with van der Waals surface area (Å²) in [7, 11) is 0. The zero-order chi connectivity index (χ0) is 22.1. The maximum Gasteiger partial charge on any atom is 0.490 e. The van der Waals surface area contributed by atoms with Crippen LogP contribution in [-0.2, 0) is 9.59 Å². The summed E-state index contributed by atoms with van der Waals surface area (Å²) < 4.78 is 31.7. The third-order valence-corrected chi connectivity index (χ3v) is 2.98. The van der Waals surface area contributed by atoms with Crippen LogP contribution in [0.1, 0.15) is 23.2 Å². The minimum absolute atomic E-state index is 0.118. The van der Waals surface area contributed by atoms with Gasteiger partial charge in [-0.3, -0.25) is 14.9 Å². The fourth-order valence-electron chi connectivity index (χ4n) is 1.63. The lowest BCUT2D eigenvalue weighted by Gasteiger charge is -2.14. The highest BCUT2D eigenvalue weighted by molar-refractivity contribution is 5.99. The molecule has 1 rings (SSSR count). The lowest BCUT2D eigenvalue weighted by atomic mass is 10.1. The molecule has 0 aromatic heterocycles. The van der Waals surface area contributed by atoms with Crippen LogP contribution in [0, 0.1) is 10.1 Å². The molecule has 0 spiro atoms. The molecule has 0 fully saturated rings. The molecule has 11 nitrogen and oxygen atoms in total. The van der Waals surface area contributed by atoms with E-state index in [0.29, 0.717) is 6.42 Å². The van der Waals surface area contributed by atoms with Gasteiger partial charge in [0.15, 0.2) is 0 Å². The highest BCUT2D eigenvalue weighted by atomic mass is 19.4. The van der Waals surface area contributed by atoms with Crippen molar-refractivity contribution in [1.29, 1.82) is 0 Å². The van der Waals surface area contributed by atoms with Gasteiger partial charge in [-0.2, -0.15) is 13.2 Å². The largest absolute Gasteiger partial charge is 0.507 e. The first-order chi connectivity index (χ1) is 12.8. The summed E-state index contributed by atoms with van der Waals surface area (Å²) in [6.07, 6.45) is -4.58. The van der Waals surface area contributed by atoms with Crippen molar-refractivity contribution in [2.75, 3.05) is 6.54 Å². The maximum absolute atomic E-state index is 11.9. The van der Waals surface area contributed by atoms with Gasteiger partial charge in [0.05, 0.1) is 10.5 Å². The number of carbonyl (C=O) groups excluding carboxylic acids is 1. The van der Waals surface area contributed by atoms with Gasteiger partial charge in [0.1, 0.15) is 11.8 Å². The second-order valence-corrected chi connectivity index (χ2v) is 5.06. The van der Waals surface area contributed by atoms with Crippen molar-refractivity contribution in [3.63, 3.8) is 0 Å². The number of benzene rings is 1. The fraction of sp³-hybridized carbons (Fsp3) is 0.357. The molecule has 0 aliphatic carbocycles. The number of halogens is 3. The Kier molecular flexibility index (Phi) is 9.36. The van der Waals surface area contributed by atoms with Crippen molar-refractivity contribution in [2.45, 2.75) is 25.1 Å². The van der Waals surface area contributed by atoms with Gasteiger partial charge in [0, 0.05) is 12.1 Å². The average molecular weight is 411 g/mol. The first-order valence-electron chi connectivity index (χ1n) is 7.32. The van der Waals surface area contributed by atoms with E-state index in [4.69, 9.17) is 20.7 Å². The average Bonchev–Trinajstić information content (AvgIpc) is 2.57. The van der Waals surface area contributed by atoms with E-state index in [9.17, 15) is 38.0 Å². The number of nitrogens with two attached hydrogens (primary N) is 1. The Hall–Kier alpha value is -3.42. The van der Waals surface area contributed by atoms with Crippen LogP contribution < -0.4 is 11.1 Å². The zero-order valence-corrected chi connectivity index (χ0v) is 14.0. The number of phenols is 1. The minimum Gasteiger partial charge on any atom is -0.507 e. The number of hydrogen-bond donors (Lipinski definition) is 5. The fourth-order valence-corrected chi connectivity index (χ4v) is 1.63. The molecule has 1 aromatic rings. The smallest absolute Gasteiger partial charge is 0.490 e. The minimum atomic E-state index is -5.08. The molecule has 28 heavy (non-hydrogen) atoms. The zero-order valence-electron chi connectivity index (χ0n) is 14.0. The summed E-state index contributed by atoms with van der Waals surface area (Å²) in [6.45, 7) is 0.266. The number of aliphatic carboxylic acids is 2. The number of carboxylic acids is 2. The van der Waals surface area contributed by atoms with Gasteiger partial charge in [-0.25, -0.2) is 9.59 Å². The van der Waals surface area contributed by atoms with Crippen molar-refractivity contribution >= 4 is 23.5 Å². The Morgan fingerprint density at radius 2 is 1.79 bits per heavy atom. The summed E-state index contributed by atoms with van der Waals surface area (Å²) in [5.74, 6) is -5.38. The van der Waals surface area contributed by atoms with Crippen molar-refractivity contribution in [1.82, 2.24) is 5.32 Å². The summed E-state index contributed by atoms with van der Waals surface area (Å²) in [5, 5.41) is 38.5. The maximum atomic E-state index is 11.9. The topological polar surface area (TPSA) is 193 Å². The van der Waals surface area contributed by atoms with Gasteiger partial charge in [0.25, 0.3) is 11.6 Å². The van der Waals surface area contributed by atoms with Crippen molar-refractivity contribution in [2.24, 2.45) is 5.73 Å². The number of amides is 1. The third kappa shape index (κ3) is 8.31. The second kappa shape index (κ2) is 10.7. The number of phenolic OH excluding ortho intramolecular Hbond substituents is 1. The number of carbonyl (C=O) groups is 3. The van der Waals surface area contributed by atoms with Crippen molar-refractivity contribution in [3.05, 3.63) is 33.9 Å². The van der Waals surface area contributed by atoms with Gasteiger partial charge < -0.3 is 26.4 Å². The molecule has 1 aromatic carbocycles. The van der Waals surface area contributed by atoms with Crippen LogP contribution in [-0.4, -0.2) is 56.9 Å². The Labute approximate surface area is 154 Å². The SMILES string of the molecule is NCCC[C@H](NC(=O)c1cc([N+](=O)[O-])ccc1O)C(=O)O.O=C(O)C(F)(F)F. The molecule has 0 saturated carbocycles. The number of nitro benzene ring substituents is 1. The van der Waals surface area contributed by atoms with Crippen LogP contribution in [0.3, 0.4) is 0 Å². The summed E-state index contributed by atoms with van der Waals surface area (Å²) in [5.41, 5.74) is 4.53. The van der Waals surface area contributed by atoms with Crippen LogP contribution in [0.15, 0.2) is 18.2 Å². The molecular weight excluding hydrogens is 395 g/mol. The van der Waals surface area contributed by atoms with Gasteiger partial charge in [0.2, 0.25) is 0 Å². The van der Waals surface area contributed by atoms with E-state index in [1.807, 2.05) is 0 Å². The van der Waals surface area contributed by atoms with Crippen LogP contribution in [0.25, 0.3) is 0 Å². The van der Waals surface area contributed by atoms with E-state index in [1.54, 1.807) is 0 Å². The quantitative estimate of drug-likeness (QED) is 0.319. The molecule has 14 heteroatoms.